The summed E-state index contributed by atoms with van der Waals surface area (Å²) in [5.41, 5.74) is 3.95. The van der Waals surface area contributed by atoms with Crippen molar-refractivity contribution in [3.05, 3.63) is 59.7 Å². The molecule has 1 amide bonds. The summed E-state index contributed by atoms with van der Waals surface area (Å²) in [6.07, 6.45) is 10.4. The number of anilines is 1. The van der Waals surface area contributed by atoms with Gasteiger partial charge in [-0.05, 0) is 86.9 Å². The van der Waals surface area contributed by atoms with E-state index >= 15 is 0 Å². The number of piperidine rings is 1. The minimum Gasteiger partial charge on any atom is -0.497 e. The number of methoxy groups -OCH3 is 1. The molecule has 2 aliphatic heterocycles. The van der Waals surface area contributed by atoms with Gasteiger partial charge in [-0.3, -0.25) is 4.79 Å². The zero-order valence-electron chi connectivity index (χ0n) is 20.0. The third-order valence-corrected chi connectivity index (χ3v) is 8.20. The second-order valence-electron chi connectivity index (χ2n) is 10.2. The van der Waals surface area contributed by atoms with E-state index in [1.165, 1.54) is 48.9 Å². The molecule has 1 unspecified atom stereocenters. The smallest absolute Gasteiger partial charge is 0.230 e. The van der Waals surface area contributed by atoms with E-state index in [2.05, 4.69) is 58.3 Å². The Kier molecular flexibility index (Phi) is 7.01. The Bertz CT molecular complexity index is 927. The Morgan fingerprint density at radius 3 is 2.36 bits per heavy atom. The number of hydrogen-bond donors (Lipinski definition) is 0. The van der Waals surface area contributed by atoms with E-state index in [1.807, 2.05) is 0 Å². The van der Waals surface area contributed by atoms with Gasteiger partial charge in [0.15, 0.2) is 0 Å². The summed E-state index contributed by atoms with van der Waals surface area (Å²) < 4.78 is 5.32. The number of para-hydroxylation sites is 1. The maximum Gasteiger partial charge on any atom is 0.230 e. The molecule has 0 bridgehead atoms. The highest BCUT2D eigenvalue weighted by atomic mass is 16.5. The van der Waals surface area contributed by atoms with Crippen molar-refractivity contribution < 1.29 is 9.53 Å². The van der Waals surface area contributed by atoms with Crippen LogP contribution in [-0.4, -0.2) is 43.6 Å². The number of carbonyl (C=O) groups excluding carboxylic acids is 1. The molecule has 176 valence electrons. The molecule has 2 aromatic carbocycles. The number of benzene rings is 2. The van der Waals surface area contributed by atoms with Crippen molar-refractivity contribution in [3.63, 3.8) is 0 Å². The lowest BCUT2D eigenvalue weighted by molar-refractivity contribution is -0.124. The van der Waals surface area contributed by atoms with E-state index in [9.17, 15) is 4.79 Å². The fourth-order valence-electron chi connectivity index (χ4n) is 6.25. The van der Waals surface area contributed by atoms with Crippen molar-refractivity contribution in [2.24, 2.45) is 5.92 Å². The van der Waals surface area contributed by atoms with Crippen LogP contribution in [0.2, 0.25) is 0 Å². The topological polar surface area (TPSA) is 32.8 Å². The highest BCUT2D eigenvalue weighted by molar-refractivity contribution is 5.97. The standard InChI is InChI=1S/C29H38N2O2/c1-33-27-15-12-22(13-16-27)23-17-19-30(20-18-23)21-26-14-11-24-7-5-6-10-28(24)31(26)29(32)25-8-3-2-4-9-25/h5-7,10,12-13,15-16,23,25-26H,2-4,8-9,11,14,17-21H2,1H3. The third kappa shape index (κ3) is 4.96. The van der Waals surface area contributed by atoms with E-state index in [-0.39, 0.29) is 5.92 Å². The Balaban J connectivity index is 1.26. The highest BCUT2D eigenvalue weighted by Gasteiger charge is 2.36. The molecule has 2 aromatic rings. The molecule has 0 spiro atoms. The van der Waals surface area contributed by atoms with Gasteiger partial charge < -0.3 is 14.5 Å². The van der Waals surface area contributed by atoms with Crippen molar-refractivity contribution >= 4 is 11.6 Å². The Morgan fingerprint density at radius 2 is 1.64 bits per heavy atom. The minimum atomic E-state index is 0.216. The summed E-state index contributed by atoms with van der Waals surface area (Å²) in [6.45, 7) is 3.22. The molecule has 33 heavy (non-hydrogen) atoms. The van der Waals surface area contributed by atoms with Gasteiger partial charge in [0, 0.05) is 24.2 Å². The predicted octanol–water partition coefficient (Wildman–Crippen LogP) is 5.80. The number of nitrogens with zero attached hydrogens (tertiary/aromatic N) is 2. The van der Waals surface area contributed by atoms with E-state index in [0.717, 1.165) is 51.1 Å². The molecule has 2 fully saturated rings. The second-order valence-corrected chi connectivity index (χ2v) is 10.2. The zero-order valence-corrected chi connectivity index (χ0v) is 20.0. The van der Waals surface area contributed by atoms with Crippen molar-refractivity contribution in [1.82, 2.24) is 4.90 Å². The fraction of sp³-hybridized carbons (Fsp3) is 0.552. The van der Waals surface area contributed by atoms with Gasteiger partial charge in [0.25, 0.3) is 0 Å². The van der Waals surface area contributed by atoms with Crippen LogP contribution in [0.15, 0.2) is 48.5 Å². The van der Waals surface area contributed by atoms with Crippen molar-refractivity contribution in [1.29, 1.82) is 0 Å². The number of likely N-dealkylation sites (tertiary alicyclic amines) is 1. The summed E-state index contributed by atoms with van der Waals surface area (Å²) in [5.74, 6) is 2.16. The van der Waals surface area contributed by atoms with Crippen LogP contribution in [0.5, 0.6) is 5.75 Å². The first kappa shape index (κ1) is 22.5. The number of fused-ring (bicyclic) bond motifs is 1. The number of aryl methyl sites for hydroxylation is 1. The van der Waals surface area contributed by atoms with Crippen LogP contribution < -0.4 is 9.64 Å². The van der Waals surface area contributed by atoms with E-state index in [4.69, 9.17) is 4.74 Å². The molecule has 0 aromatic heterocycles. The van der Waals surface area contributed by atoms with Crippen molar-refractivity contribution in [2.45, 2.75) is 69.7 Å². The van der Waals surface area contributed by atoms with Gasteiger partial charge in [0.1, 0.15) is 5.75 Å². The number of rotatable bonds is 5. The molecular formula is C29H38N2O2. The van der Waals surface area contributed by atoms with Crippen LogP contribution >= 0.6 is 0 Å². The lowest BCUT2D eigenvalue weighted by Crippen LogP contribution is -2.52. The average molecular weight is 447 g/mol. The maximum absolute atomic E-state index is 13.8. The summed E-state index contributed by atoms with van der Waals surface area (Å²) in [7, 11) is 1.72. The Hall–Kier alpha value is -2.33. The number of hydrogen-bond acceptors (Lipinski definition) is 3. The van der Waals surface area contributed by atoms with Crippen molar-refractivity contribution in [3.8, 4) is 5.75 Å². The minimum absolute atomic E-state index is 0.216. The molecule has 1 saturated carbocycles. The van der Waals surface area contributed by atoms with Gasteiger partial charge in [-0.15, -0.1) is 0 Å². The first-order valence-electron chi connectivity index (χ1n) is 13.0. The molecule has 4 heteroatoms. The van der Waals surface area contributed by atoms with E-state index in [0.29, 0.717) is 17.9 Å². The monoisotopic (exact) mass is 446 g/mol. The van der Waals surface area contributed by atoms with E-state index < -0.39 is 0 Å². The molecule has 2 heterocycles. The van der Waals surface area contributed by atoms with Gasteiger partial charge in [-0.1, -0.05) is 49.6 Å². The number of ether oxygens (including phenoxy) is 1. The van der Waals surface area contributed by atoms with Crippen LogP contribution in [0.1, 0.15) is 68.4 Å². The molecule has 0 N–H and O–H groups in total. The Morgan fingerprint density at radius 1 is 0.909 bits per heavy atom. The zero-order chi connectivity index (χ0) is 22.6. The molecule has 1 saturated heterocycles. The summed E-state index contributed by atoms with van der Waals surface area (Å²) in [4.78, 5) is 18.6. The summed E-state index contributed by atoms with van der Waals surface area (Å²) in [5, 5.41) is 0. The first-order chi connectivity index (χ1) is 16.2. The van der Waals surface area contributed by atoms with Crippen LogP contribution in [0.4, 0.5) is 5.69 Å². The molecule has 5 rings (SSSR count). The maximum atomic E-state index is 13.8. The van der Waals surface area contributed by atoms with E-state index in [1.54, 1.807) is 7.11 Å². The molecule has 1 aliphatic carbocycles. The number of carbonyl (C=O) groups is 1. The third-order valence-electron chi connectivity index (χ3n) is 8.20. The van der Waals surface area contributed by atoms with Crippen LogP contribution in [0.3, 0.4) is 0 Å². The highest BCUT2D eigenvalue weighted by Crippen LogP contribution is 2.36. The summed E-state index contributed by atoms with van der Waals surface area (Å²) >= 11 is 0. The molecule has 1 atom stereocenters. The number of amides is 1. The molecule has 0 radical (unpaired) electrons. The molecule has 3 aliphatic rings. The largest absolute Gasteiger partial charge is 0.497 e. The lowest BCUT2D eigenvalue weighted by atomic mass is 9.85. The normalized spacial score (nSPS) is 22.7. The quantitative estimate of drug-likeness (QED) is 0.582. The summed E-state index contributed by atoms with van der Waals surface area (Å²) in [6, 6.07) is 17.5. The predicted molar refractivity (Wildman–Crippen MR) is 134 cm³/mol. The van der Waals surface area contributed by atoms with Crippen molar-refractivity contribution in [2.75, 3.05) is 31.6 Å². The van der Waals surface area contributed by atoms with Gasteiger partial charge in [-0.2, -0.15) is 0 Å². The Labute approximate surface area is 198 Å². The second kappa shape index (κ2) is 10.3. The van der Waals surface area contributed by atoms with Gasteiger partial charge in [0.2, 0.25) is 5.91 Å². The molecule has 4 nitrogen and oxygen atoms in total. The van der Waals surface area contributed by atoms with Crippen LogP contribution in [-0.2, 0) is 11.2 Å². The van der Waals surface area contributed by atoms with Crippen LogP contribution in [0.25, 0.3) is 0 Å². The van der Waals surface area contributed by atoms with Gasteiger partial charge in [-0.25, -0.2) is 0 Å². The average Bonchev–Trinajstić information content (AvgIpc) is 2.89. The van der Waals surface area contributed by atoms with Gasteiger partial charge >= 0.3 is 0 Å². The lowest BCUT2D eigenvalue weighted by Gasteiger charge is -2.43. The first-order valence-corrected chi connectivity index (χ1v) is 13.0. The van der Waals surface area contributed by atoms with Gasteiger partial charge in [0.05, 0.1) is 7.11 Å². The molecular weight excluding hydrogens is 408 g/mol. The SMILES string of the molecule is COc1ccc(C2CCN(CC3CCc4ccccc4N3C(=O)C3CCCCC3)CC2)cc1. The van der Waals surface area contributed by atoms with Crippen LogP contribution in [0, 0.1) is 5.92 Å². The fourth-order valence-corrected chi connectivity index (χ4v) is 6.25.